The Morgan fingerprint density at radius 2 is 2.29 bits per heavy atom. The monoisotopic (exact) mass is 302 g/mol. The lowest BCUT2D eigenvalue weighted by Gasteiger charge is -2.08. The lowest BCUT2D eigenvalue weighted by atomic mass is 10.5. The van der Waals surface area contributed by atoms with Gasteiger partial charge in [0.2, 0.25) is 5.95 Å². The van der Waals surface area contributed by atoms with E-state index < -0.39 is 0 Å². The number of hydrogen-bond acceptors (Lipinski definition) is 6. The summed E-state index contributed by atoms with van der Waals surface area (Å²) < 4.78 is 5.23. The largest absolute Gasteiger partial charge is 0.468 e. The fourth-order valence-electron chi connectivity index (χ4n) is 1.04. The van der Waals surface area contributed by atoms with Crippen LogP contribution in [0.15, 0.2) is 10.7 Å². The predicted molar refractivity (Wildman–Crippen MR) is 69.0 cm³/mol. The van der Waals surface area contributed by atoms with Crippen LogP contribution in [0.25, 0.3) is 0 Å². The molecule has 0 aliphatic heterocycles. The molecule has 7 heteroatoms. The number of ether oxygens (including phenoxy) is 1. The van der Waals surface area contributed by atoms with Gasteiger partial charge in [0.15, 0.2) is 0 Å². The molecule has 0 amide bonds. The summed E-state index contributed by atoms with van der Waals surface area (Å²) in [5.74, 6) is 0.741. The Hall–Kier alpha value is -1.37. The van der Waals surface area contributed by atoms with Crippen LogP contribution in [0.2, 0.25) is 0 Å². The molecule has 0 fully saturated rings. The Bertz CT molecular complexity index is 387. The Morgan fingerprint density at radius 3 is 2.94 bits per heavy atom. The number of aromatic nitrogens is 2. The summed E-state index contributed by atoms with van der Waals surface area (Å²) in [4.78, 5) is 19.3. The first kappa shape index (κ1) is 13.7. The van der Waals surface area contributed by atoms with Crippen molar-refractivity contribution in [1.82, 2.24) is 9.97 Å². The number of hydrogen-bond donors (Lipinski definition) is 2. The summed E-state index contributed by atoms with van der Waals surface area (Å²) in [5.41, 5.74) is 0. The number of methoxy groups -OCH3 is 1. The average Bonchev–Trinajstić information content (AvgIpc) is 2.35. The van der Waals surface area contributed by atoms with Crippen molar-refractivity contribution >= 4 is 33.7 Å². The van der Waals surface area contributed by atoms with Crippen molar-refractivity contribution in [2.24, 2.45) is 0 Å². The molecule has 0 aliphatic rings. The van der Waals surface area contributed by atoms with E-state index in [1.54, 1.807) is 6.20 Å². The van der Waals surface area contributed by atoms with Crippen LogP contribution in [0.3, 0.4) is 0 Å². The third-order valence-electron chi connectivity index (χ3n) is 1.91. The van der Waals surface area contributed by atoms with Gasteiger partial charge < -0.3 is 15.4 Å². The van der Waals surface area contributed by atoms with Gasteiger partial charge in [-0.1, -0.05) is 6.92 Å². The smallest absolute Gasteiger partial charge is 0.325 e. The number of nitrogens with one attached hydrogen (secondary N) is 2. The second-order valence-electron chi connectivity index (χ2n) is 3.25. The molecule has 0 spiro atoms. The minimum absolute atomic E-state index is 0.0688. The van der Waals surface area contributed by atoms with E-state index in [9.17, 15) is 4.79 Å². The maximum absolute atomic E-state index is 11.0. The molecule has 0 bridgehead atoms. The van der Waals surface area contributed by atoms with E-state index in [0.29, 0.717) is 16.2 Å². The van der Waals surface area contributed by atoms with Crippen LogP contribution < -0.4 is 10.6 Å². The minimum atomic E-state index is -0.349. The van der Waals surface area contributed by atoms with Crippen molar-refractivity contribution in [1.29, 1.82) is 0 Å². The molecule has 0 radical (unpaired) electrons. The van der Waals surface area contributed by atoms with Crippen LogP contribution >= 0.6 is 15.9 Å². The number of halogens is 1. The third-order valence-corrected chi connectivity index (χ3v) is 2.49. The van der Waals surface area contributed by atoms with Gasteiger partial charge in [0.05, 0.1) is 11.6 Å². The summed E-state index contributed by atoms with van der Waals surface area (Å²) in [7, 11) is 1.34. The fraction of sp³-hybridized carbons (Fsp3) is 0.500. The Labute approximate surface area is 108 Å². The molecule has 0 aliphatic carbocycles. The number of carbonyl (C=O) groups is 1. The number of anilines is 2. The fourth-order valence-corrected chi connectivity index (χ4v) is 1.37. The van der Waals surface area contributed by atoms with E-state index in [4.69, 9.17) is 0 Å². The molecule has 0 saturated heterocycles. The zero-order valence-corrected chi connectivity index (χ0v) is 11.4. The highest BCUT2D eigenvalue weighted by Crippen LogP contribution is 2.19. The lowest BCUT2D eigenvalue weighted by Crippen LogP contribution is -2.16. The van der Waals surface area contributed by atoms with E-state index >= 15 is 0 Å². The van der Waals surface area contributed by atoms with Crippen LogP contribution in [-0.4, -0.2) is 36.1 Å². The molecule has 0 unspecified atom stereocenters. The van der Waals surface area contributed by atoms with Gasteiger partial charge in [-0.15, -0.1) is 0 Å². The van der Waals surface area contributed by atoms with Crippen LogP contribution in [0.5, 0.6) is 0 Å². The molecule has 2 N–H and O–H groups in total. The normalized spacial score (nSPS) is 9.82. The first-order valence-electron chi connectivity index (χ1n) is 5.24. The van der Waals surface area contributed by atoms with Crippen molar-refractivity contribution in [3.63, 3.8) is 0 Å². The molecule has 0 saturated carbocycles. The molecule has 0 atom stereocenters. The van der Waals surface area contributed by atoms with E-state index in [-0.39, 0.29) is 12.5 Å². The lowest BCUT2D eigenvalue weighted by molar-refractivity contribution is -0.138. The highest BCUT2D eigenvalue weighted by Gasteiger charge is 2.06. The quantitative estimate of drug-likeness (QED) is 0.778. The first-order valence-corrected chi connectivity index (χ1v) is 6.03. The number of carbonyl (C=O) groups excluding carboxylic acids is 1. The molecule has 0 aromatic carbocycles. The maximum atomic E-state index is 11.0. The summed E-state index contributed by atoms with van der Waals surface area (Å²) in [6.45, 7) is 2.93. The molecule has 94 valence electrons. The van der Waals surface area contributed by atoms with Crippen LogP contribution in [0, 0.1) is 0 Å². The summed E-state index contributed by atoms with van der Waals surface area (Å²) in [5, 5.41) is 5.93. The zero-order chi connectivity index (χ0) is 12.7. The van der Waals surface area contributed by atoms with Gasteiger partial charge in [0.25, 0.3) is 0 Å². The van der Waals surface area contributed by atoms with Crippen LogP contribution in [0.1, 0.15) is 13.3 Å². The Balaban J connectivity index is 2.65. The highest BCUT2D eigenvalue weighted by molar-refractivity contribution is 9.10. The van der Waals surface area contributed by atoms with Crippen LogP contribution in [0.4, 0.5) is 11.8 Å². The van der Waals surface area contributed by atoms with Crippen molar-refractivity contribution in [2.45, 2.75) is 13.3 Å². The number of esters is 1. The Morgan fingerprint density at radius 1 is 1.53 bits per heavy atom. The molecule has 6 nitrogen and oxygen atoms in total. The van der Waals surface area contributed by atoms with E-state index in [1.807, 2.05) is 0 Å². The average molecular weight is 303 g/mol. The summed E-state index contributed by atoms with van der Waals surface area (Å²) in [6, 6.07) is 0. The highest BCUT2D eigenvalue weighted by atomic mass is 79.9. The molecular weight excluding hydrogens is 288 g/mol. The molecule has 1 aromatic heterocycles. The van der Waals surface area contributed by atoms with E-state index in [1.165, 1.54) is 7.11 Å². The second kappa shape index (κ2) is 7.05. The third kappa shape index (κ3) is 4.56. The SMILES string of the molecule is CCCNc1ncc(Br)c(NCC(=O)OC)n1. The van der Waals surface area contributed by atoms with Crippen LogP contribution in [-0.2, 0) is 9.53 Å². The molecular formula is C10H15BrN4O2. The van der Waals surface area contributed by atoms with Gasteiger partial charge in [0, 0.05) is 12.7 Å². The summed E-state index contributed by atoms with van der Waals surface area (Å²) >= 11 is 3.30. The summed E-state index contributed by atoms with van der Waals surface area (Å²) in [6.07, 6.45) is 2.62. The Kier molecular flexibility index (Phi) is 5.68. The maximum Gasteiger partial charge on any atom is 0.325 e. The van der Waals surface area contributed by atoms with Gasteiger partial charge in [-0.3, -0.25) is 4.79 Å². The van der Waals surface area contributed by atoms with Gasteiger partial charge >= 0.3 is 5.97 Å². The standard InChI is InChI=1S/C10H15BrN4O2/c1-3-4-12-10-14-5-7(11)9(15-10)13-6-8(16)17-2/h5H,3-4,6H2,1-2H3,(H2,12,13,14,15). The van der Waals surface area contributed by atoms with Crippen molar-refractivity contribution in [2.75, 3.05) is 30.8 Å². The topological polar surface area (TPSA) is 76.1 Å². The second-order valence-corrected chi connectivity index (χ2v) is 4.10. The van der Waals surface area contributed by atoms with Crippen molar-refractivity contribution < 1.29 is 9.53 Å². The number of rotatable bonds is 6. The van der Waals surface area contributed by atoms with Gasteiger partial charge in [-0.05, 0) is 22.4 Å². The molecule has 1 heterocycles. The van der Waals surface area contributed by atoms with Gasteiger partial charge in [0.1, 0.15) is 12.4 Å². The van der Waals surface area contributed by atoms with Gasteiger partial charge in [-0.2, -0.15) is 4.98 Å². The molecule has 1 aromatic rings. The van der Waals surface area contributed by atoms with E-state index in [0.717, 1.165) is 13.0 Å². The molecule has 17 heavy (non-hydrogen) atoms. The number of nitrogens with zero attached hydrogens (tertiary/aromatic N) is 2. The minimum Gasteiger partial charge on any atom is -0.468 e. The first-order chi connectivity index (χ1) is 8.17. The van der Waals surface area contributed by atoms with E-state index in [2.05, 4.69) is 48.2 Å². The zero-order valence-electron chi connectivity index (χ0n) is 9.79. The van der Waals surface area contributed by atoms with Crippen molar-refractivity contribution in [3.05, 3.63) is 10.7 Å². The molecule has 1 rings (SSSR count). The van der Waals surface area contributed by atoms with Crippen molar-refractivity contribution in [3.8, 4) is 0 Å². The predicted octanol–water partition coefficient (Wildman–Crippen LogP) is 1.65. The van der Waals surface area contributed by atoms with Gasteiger partial charge in [-0.25, -0.2) is 4.98 Å².